The van der Waals surface area contributed by atoms with E-state index in [0.29, 0.717) is 0 Å². The standard InChI is InChI=1S/C17H20N2O4/c1-17(2,3)23-16(22)19-14(15(20)21)9-11-5-4-6-12-10-18-8-7-13(11)12/h4-8,10,14H,9H2,1-3H3,(H,19,22)(H,20,21)/t14-/m1/s1. The Morgan fingerprint density at radius 2 is 2.04 bits per heavy atom. The summed E-state index contributed by atoms with van der Waals surface area (Å²) >= 11 is 0. The van der Waals surface area contributed by atoms with Crippen LogP contribution in [0.2, 0.25) is 0 Å². The molecule has 2 N–H and O–H groups in total. The minimum atomic E-state index is -1.11. The summed E-state index contributed by atoms with van der Waals surface area (Å²) in [7, 11) is 0. The van der Waals surface area contributed by atoms with Crippen LogP contribution in [-0.2, 0) is 16.0 Å². The maximum absolute atomic E-state index is 11.8. The smallest absolute Gasteiger partial charge is 0.408 e. The Morgan fingerprint density at radius 1 is 1.30 bits per heavy atom. The van der Waals surface area contributed by atoms with E-state index < -0.39 is 23.7 Å². The SMILES string of the molecule is CC(C)(C)OC(=O)N[C@H](Cc1cccc2cnccc12)C(=O)O. The van der Waals surface area contributed by atoms with E-state index in [-0.39, 0.29) is 6.42 Å². The quantitative estimate of drug-likeness (QED) is 0.905. The number of carbonyl (C=O) groups is 2. The van der Waals surface area contributed by atoms with Crippen molar-refractivity contribution in [3.63, 3.8) is 0 Å². The molecular formula is C17H20N2O4. The molecule has 6 nitrogen and oxygen atoms in total. The molecule has 1 aromatic carbocycles. The van der Waals surface area contributed by atoms with Crippen LogP contribution in [0.1, 0.15) is 26.3 Å². The average Bonchev–Trinajstić information content (AvgIpc) is 2.44. The Morgan fingerprint density at radius 3 is 2.70 bits per heavy atom. The van der Waals surface area contributed by atoms with Crippen LogP contribution >= 0.6 is 0 Å². The number of pyridine rings is 1. The summed E-state index contributed by atoms with van der Waals surface area (Å²) in [6.45, 7) is 5.17. The summed E-state index contributed by atoms with van der Waals surface area (Å²) in [4.78, 5) is 27.3. The van der Waals surface area contributed by atoms with Crippen LogP contribution in [0.15, 0.2) is 36.7 Å². The van der Waals surface area contributed by atoms with Crippen molar-refractivity contribution in [1.29, 1.82) is 0 Å². The Kier molecular flexibility index (Phi) is 4.83. The summed E-state index contributed by atoms with van der Waals surface area (Å²) in [5, 5.41) is 13.6. The number of hydrogen-bond acceptors (Lipinski definition) is 4. The maximum atomic E-state index is 11.8. The first-order valence-corrected chi connectivity index (χ1v) is 7.30. The van der Waals surface area contributed by atoms with E-state index in [4.69, 9.17) is 4.74 Å². The Labute approximate surface area is 134 Å². The summed E-state index contributed by atoms with van der Waals surface area (Å²) in [6, 6.07) is 6.35. The van der Waals surface area contributed by atoms with Crippen molar-refractivity contribution in [2.45, 2.75) is 38.8 Å². The first-order valence-electron chi connectivity index (χ1n) is 7.30. The second-order valence-electron chi connectivity index (χ2n) is 6.26. The van der Waals surface area contributed by atoms with Crippen LogP contribution in [-0.4, -0.2) is 33.8 Å². The van der Waals surface area contributed by atoms with Gasteiger partial charge in [0, 0.05) is 24.2 Å². The molecule has 0 radical (unpaired) electrons. The summed E-state index contributed by atoms with van der Waals surface area (Å²) in [5.41, 5.74) is 0.145. The zero-order chi connectivity index (χ0) is 17.0. The van der Waals surface area contributed by atoms with Gasteiger partial charge in [-0.25, -0.2) is 9.59 Å². The number of amides is 1. The highest BCUT2D eigenvalue weighted by Crippen LogP contribution is 2.19. The molecule has 2 aromatic rings. The normalized spacial score (nSPS) is 12.7. The molecule has 0 fully saturated rings. The molecule has 0 aliphatic rings. The van der Waals surface area contributed by atoms with Crippen LogP contribution in [0, 0.1) is 0 Å². The predicted molar refractivity (Wildman–Crippen MR) is 86.2 cm³/mol. The van der Waals surface area contributed by atoms with Gasteiger partial charge in [0.2, 0.25) is 0 Å². The number of carbonyl (C=O) groups excluding carboxylic acids is 1. The van der Waals surface area contributed by atoms with Crippen LogP contribution in [0.3, 0.4) is 0 Å². The lowest BCUT2D eigenvalue weighted by Gasteiger charge is -2.22. The molecule has 0 aliphatic heterocycles. The highest BCUT2D eigenvalue weighted by atomic mass is 16.6. The van der Waals surface area contributed by atoms with Gasteiger partial charge in [-0.3, -0.25) is 4.98 Å². The van der Waals surface area contributed by atoms with Gasteiger partial charge in [0.25, 0.3) is 0 Å². The van der Waals surface area contributed by atoms with E-state index in [1.165, 1.54) is 0 Å². The number of hydrogen-bond donors (Lipinski definition) is 2. The number of nitrogens with one attached hydrogen (secondary N) is 1. The van der Waals surface area contributed by atoms with Crippen molar-refractivity contribution in [3.8, 4) is 0 Å². The Hall–Kier alpha value is -2.63. The van der Waals surface area contributed by atoms with Crippen molar-refractivity contribution in [1.82, 2.24) is 10.3 Å². The van der Waals surface area contributed by atoms with Crippen molar-refractivity contribution < 1.29 is 19.4 Å². The molecule has 1 aromatic heterocycles. The predicted octanol–water partition coefficient (Wildman–Crippen LogP) is 2.76. The second-order valence-corrected chi connectivity index (χ2v) is 6.26. The number of rotatable bonds is 4. The minimum Gasteiger partial charge on any atom is -0.480 e. The van der Waals surface area contributed by atoms with Crippen LogP contribution in [0.25, 0.3) is 10.8 Å². The minimum absolute atomic E-state index is 0.163. The van der Waals surface area contributed by atoms with Gasteiger partial charge in [0.05, 0.1) is 0 Å². The van der Waals surface area contributed by atoms with Crippen molar-refractivity contribution >= 4 is 22.8 Å². The molecule has 0 saturated heterocycles. The number of ether oxygens (including phenoxy) is 1. The lowest BCUT2D eigenvalue weighted by atomic mass is 10.00. The molecule has 0 aliphatic carbocycles. The fraction of sp³-hybridized carbons (Fsp3) is 0.353. The largest absolute Gasteiger partial charge is 0.480 e. The lowest BCUT2D eigenvalue weighted by molar-refractivity contribution is -0.139. The van der Waals surface area contributed by atoms with Gasteiger partial charge in [-0.1, -0.05) is 18.2 Å². The van der Waals surface area contributed by atoms with E-state index >= 15 is 0 Å². The Balaban J connectivity index is 2.19. The fourth-order valence-corrected chi connectivity index (χ4v) is 2.24. The number of carboxylic acid groups (broad SMARTS) is 1. The van der Waals surface area contributed by atoms with Gasteiger partial charge in [-0.05, 0) is 37.8 Å². The van der Waals surface area contributed by atoms with Crippen LogP contribution in [0.5, 0.6) is 0 Å². The molecule has 6 heteroatoms. The van der Waals surface area contributed by atoms with Crippen molar-refractivity contribution in [2.75, 3.05) is 0 Å². The molecular weight excluding hydrogens is 296 g/mol. The third-order valence-corrected chi connectivity index (χ3v) is 3.18. The zero-order valence-electron chi connectivity index (χ0n) is 13.4. The van der Waals surface area contributed by atoms with Crippen molar-refractivity contribution in [3.05, 3.63) is 42.2 Å². The third kappa shape index (κ3) is 4.67. The number of fused-ring (bicyclic) bond motifs is 1. The molecule has 0 bridgehead atoms. The number of nitrogens with zero attached hydrogens (tertiary/aromatic N) is 1. The van der Waals surface area contributed by atoms with Gasteiger partial charge < -0.3 is 15.2 Å². The topological polar surface area (TPSA) is 88.5 Å². The number of benzene rings is 1. The zero-order valence-corrected chi connectivity index (χ0v) is 13.4. The molecule has 1 atom stereocenters. The van der Waals surface area contributed by atoms with E-state index in [0.717, 1.165) is 16.3 Å². The number of carboxylic acids is 1. The van der Waals surface area contributed by atoms with Gasteiger partial charge >= 0.3 is 12.1 Å². The van der Waals surface area contributed by atoms with E-state index in [1.54, 1.807) is 33.2 Å². The average molecular weight is 316 g/mol. The van der Waals surface area contributed by atoms with Gasteiger partial charge in [-0.15, -0.1) is 0 Å². The number of aliphatic carboxylic acids is 1. The highest BCUT2D eigenvalue weighted by Gasteiger charge is 2.24. The highest BCUT2D eigenvalue weighted by molar-refractivity contribution is 5.86. The van der Waals surface area contributed by atoms with Crippen molar-refractivity contribution in [2.24, 2.45) is 0 Å². The molecule has 0 spiro atoms. The van der Waals surface area contributed by atoms with Gasteiger partial charge in [0.15, 0.2) is 0 Å². The summed E-state index contributed by atoms with van der Waals surface area (Å²) in [6.07, 6.45) is 2.79. The third-order valence-electron chi connectivity index (χ3n) is 3.18. The summed E-state index contributed by atoms with van der Waals surface area (Å²) in [5.74, 6) is -1.11. The molecule has 0 saturated carbocycles. The van der Waals surface area contributed by atoms with Gasteiger partial charge in [-0.2, -0.15) is 0 Å². The first kappa shape index (κ1) is 16.7. The Bertz CT molecular complexity index is 717. The van der Waals surface area contributed by atoms with E-state index in [9.17, 15) is 14.7 Å². The molecule has 0 unspecified atom stereocenters. The number of aromatic nitrogens is 1. The fourth-order valence-electron chi connectivity index (χ4n) is 2.24. The van der Waals surface area contributed by atoms with Gasteiger partial charge in [0.1, 0.15) is 11.6 Å². The van der Waals surface area contributed by atoms with Crippen LogP contribution < -0.4 is 5.32 Å². The first-order chi connectivity index (χ1) is 10.8. The molecule has 122 valence electrons. The molecule has 23 heavy (non-hydrogen) atoms. The maximum Gasteiger partial charge on any atom is 0.408 e. The molecule has 2 rings (SSSR count). The molecule has 1 amide bonds. The van der Waals surface area contributed by atoms with Crippen LogP contribution in [0.4, 0.5) is 4.79 Å². The summed E-state index contributed by atoms with van der Waals surface area (Å²) < 4.78 is 5.12. The monoisotopic (exact) mass is 316 g/mol. The second kappa shape index (κ2) is 6.64. The number of alkyl carbamates (subject to hydrolysis) is 1. The van der Waals surface area contributed by atoms with E-state index in [1.807, 2.05) is 24.3 Å². The lowest BCUT2D eigenvalue weighted by Crippen LogP contribution is -2.44. The van der Waals surface area contributed by atoms with E-state index in [2.05, 4.69) is 10.3 Å². The molecule has 1 heterocycles.